The summed E-state index contributed by atoms with van der Waals surface area (Å²) < 4.78 is 12.3. The van der Waals surface area contributed by atoms with Crippen LogP contribution in [-0.2, 0) is 20.6 Å². The number of hydrogen-bond donors (Lipinski definition) is 1. The van der Waals surface area contributed by atoms with E-state index in [1.54, 1.807) is 17.1 Å². The molecule has 2 aliphatic heterocycles. The number of fused-ring (bicyclic) bond motifs is 5. The lowest BCUT2D eigenvalue weighted by Crippen LogP contribution is -2.43. The van der Waals surface area contributed by atoms with Gasteiger partial charge in [0.1, 0.15) is 22.9 Å². The molecule has 1 atom stereocenters. The van der Waals surface area contributed by atoms with Crippen LogP contribution in [0.4, 0.5) is 11.6 Å². The lowest BCUT2D eigenvalue weighted by molar-refractivity contribution is 0.148. The average Bonchev–Trinajstić information content (AvgIpc) is 3.64. The molecule has 41 heavy (non-hydrogen) atoms. The predicted octanol–water partition coefficient (Wildman–Crippen LogP) is 3.46. The number of ether oxygens (including phenoxy) is 1. The van der Waals surface area contributed by atoms with Gasteiger partial charge in [0.25, 0.3) is 0 Å². The highest BCUT2D eigenvalue weighted by molar-refractivity contribution is 5.93. The second kappa shape index (κ2) is 10.3. The molecule has 4 bridgehead atoms. The molecule has 0 aromatic carbocycles. The Hall–Kier alpha value is -4.29. The molecule has 2 aliphatic rings. The minimum atomic E-state index is 0.0836. The van der Waals surface area contributed by atoms with Gasteiger partial charge >= 0.3 is 0 Å². The summed E-state index contributed by atoms with van der Waals surface area (Å²) in [7, 11) is 6.15. The van der Waals surface area contributed by atoms with E-state index < -0.39 is 0 Å². The van der Waals surface area contributed by atoms with Gasteiger partial charge in [0.2, 0.25) is 5.88 Å². The molecule has 1 unspecified atom stereocenters. The van der Waals surface area contributed by atoms with Crippen molar-refractivity contribution in [3.63, 3.8) is 0 Å². The summed E-state index contributed by atoms with van der Waals surface area (Å²) in [5, 5.41) is 14.0. The Morgan fingerprint density at radius 2 is 1.88 bits per heavy atom. The van der Waals surface area contributed by atoms with Crippen molar-refractivity contribution in [1.82, 2.24) is 48.9 Å². The number of aryl methyl sites for hydroxylation is 2. The van der Waals surface area contributed by atoms with Gasteiger partial charge in [0, 0.05) is 83.3 Å². The number of nitrogens with one attached hydrogen (secondary N) is 1. The summed E-state index contributed by atoms with van der Waals surface area (Å²) in [6.45, 7) is 8.01. The average molecular weight is 554 g/mol. The van der Waals surface area contributed by atoms with E-state index in [0.29, 0.717) is 29.9 Å². The van der Waals surface area contributed by atoms with E-state index in [1.165, 1.54) is 5.56 Å². The second-order valence-electron chi connectivity index (χ2n) is 11.2. The highest BCUT2D eigenvalue weighted by Crippen LogP contribution is 2.34. The summed E-state index contributed by atoms with van der Waals surface area (Å²) in [5.41, 5.74) is 5.08. The second-order valence-corrected chi connectivity index (χ2v) is 11.2. The van der Waals surface area contributed by atoms with Crippen molar-refractivity contribution in [3.05, 3.63) is 48.5 Å². The Balaban J connectivity index is 1.27. The molecule has 12 heteroatoms. The van der Waals surface area contributed by atoms with Gasteiger partial charge < -0.3 is 19.5 Å². The number of hydrogen-bond acceptors (Lipinski definition) is 9. The number of likely N-dealkylation sites (N-methyl/N-ethyl adjacent to an activating group) is 1. The molecular formula is C29H35N11O. The number of nitrogens with zero attached hydrogens (tertiary/aromatic N) is 10. The maximum Gasteiger partial charge on any atom is 0.222 e. The Labute approximate surface area is 238 Å². The maximum absolute atomic E-state index is 6.25. The van der Waals surface area contributed by atoms with Crippen LogP contribution in [0.25, 0.3) is 33.7 Å². The maximum atomic E-state index is 6.25. The Kier molecular flexibility index (Phi) is 6.43. The van der Waals surface area contributed by atoms with Gasteiger partial charge in [-0.2, -0.15) is 10.2 Å². The van der Waals surface area contributed by atoms with Crippen LogP contribution >= 0.6 is 0 Å². The van der Waals surface area contributed by atoms with Crippen molar-refractivity contribution in [2.24, 2.45) is 14.1 Å². The van der Waals surface area contributed by atoms with E-state index in [4.69, 9.17) is 19.8 Å². The van der Waals surface area contributed by atoms with Crippen molar-refractivity contribution < 1.29 is 4.74 Å². The molecular weight excluding hydrogens is 518 g/mol. The molecule has 212 valence electrons. The fraction of sp³-hybridized carbons (Fsp3) is 0.414. The number of aromatic nitrogens is 8. The van der Waals surface area contributed by atoms with Crippen molar-refractivity contribution >= 4 is 22.5 Å². The van der Waals surface area contributed by atoms with E-state index in [2.05, 4.69) is 73.8 Å². The Morgan fingerprint density at radius 3 is 2.73 bits per heavy atom. The van der Waals surface area contributed by atoms with Crippen LogP contribution in [0.1, 0.15) is 24.9 Å². The quantitative estimate of drug-likeness (QED) is 0.359. The zero-order valence-electron chi connectivity index (χ0n) is 23.9. The fourth-order valence-corrected chi connectivity index (χ4v) is 5.73. The van der Waals surface area contributed by atoms with Gasteiger partial charge in [-0.05, 0) is 31.7 Å². The lowest BCUT2D eigenvalue weighted by atomic mass is 10.1. The van der Waals surface area contributed by atoms with Gasteiger partial charge in [0.15, 0.2) is 5.82 Å². The van der Waals surface area contributed by atoms with Gasteiger partial charge in [-0.1, -0.05) is 0 Å². The van der Waals surface area contributed by atoms with Gasteiger partial charge in [-0.3, -0.25) is 9.58 Å². The van der Waals surface area contributed by atoms with E-state index in [-0.39, 0.29) is 6.04 Å². The van der Waals surface area contributed by atoms with Crippen LogP contribution in [0.5, 0.6) is 5.88 Å². The van der Waals surface area contributed by atoms with Crippen LogP contribution in [0, 0.1) is 0 Å². The highest BCUT2D eigenvalue weighted by atomic mass is 16.5. The minimum absolute atomic E-state index is 0.0836. The van der Waals surface area contributed by atoms with Crippen LogP contribution in [0.3, 0.4) is 0 Å². The lowest BCUT2D eigenvalue weighted by Gasteiger charge is -2.32. The zero-order chi connectivity index (χ0) is 28.1. The molecule has 0 spiro atoms. The van der Waals surface area contributed by atoms with E-state index in [9.17, 15) is 0 Å². The smallest absolute Gasteiger partial charge is 0.222 e. The normalized spacial score (nSPS) is 18.2. The number of anilines is 2. The van der Waals surface area contributed by atoms with Crippen LogP contribution in [-0.4, -0.2) is 88.7 Å². The summed E-state index contributed by atoms with van der Waals surface area (Å²) in [6, 6.07) is 6.25. The molecule has 7 rings (SSSR count). The minimum Gasteiger partial charge on any atom is -0.477 e. The molecule has 1 fully saturated rings. The molecule has 1 N–H and O–H groups in total. The van der Waals surface area contributed by atoms with E-state index in [1.807, 2.05) is 19.3 Å². The first-order valence-corrected chi connectivity index (χ1v) is 14.1. The van der Waals surface area contributed by atoms with Crippen LogP contribution < -0.4 is 10.1 Å². The summed E-state index contributed by atoms with van der Waals surface area (Å²) >= 11 is 0. The Morgan fingerprint density at radius 1 is 1.02 bits per heavy atom. The molecule has 0 radical (unpaired) electrons. The largest absolute Gasteiger partial charge is 0.477 e. The molecule has 0 saturated carbocycles. The number of rotatable bonds is 3. The fourth-order valence-electron chi connectivity index (χ4n) is 5.73. The molecule has 0 amide bonds. The van der Waals surface area contributed by atoms with Gasteiger partial charge in [-0.25, -0.2) is 19.6 Å². The van der Waals surface area contributed by atoms with Crippen molar-refractivity contribution in [2.75, 3.05) is 45.2 Å². The zero-order valence-corrected chi connectivity index (χ0v) is 23.9. The number of piperazine rings is 1. The van der Waals surface area contributed by atoms with Crippen LogP contribution in [0.15, 0.2) is 43.0 Å². The van der Waals surface area contributed by atoms with Gasteiger partial charge in [0.05, 0.1) is 30.1 Å². The molecule has 0 aliphatic carbocycles. The van der Waals surface area contributed by atoms with E-state index in [0.717, 1.165) is 67.0 Å². The van der Waals surface area contributed by atoms with Crippen molar-refractivity contribution in [2.45, 2.75) is 25.9 Å². The third-order valence-electron chi connectivity index (χ3n) is 8.13. The molecule has 7 heterocycles. The third-order valence-corrected chi connectivity index (χ3v) is 8.13. The van der Waals surface area contributed by atoms with Crippen LogP contribution in [0.2, 0.25) is 0 Å². The first kappa shape index (κ1) is 25.7. The standard InChI is InChI=1S/C29H35N11O/c1-19-6-12-41-29-22(16-32-38(29)4)28-30-7-5-25(34-28)33-26-14-23-21(15-31-26)27(35-40(19)23)24-13-20(17-37(24)3)18-39-10-8-36(2)9-11-39/h5,7,13-17,19H,6,8-12,18H2,1-4H3,(H,30,31,33,34). The molecule has 5 aromatic heterocycles. The van der Waals surface area contributed by atoms with Crippen molar-refractivity contribution in [3.8, 4) is 28.7 Å². The molecule has 1 saturated heterocycles. The first-order valence-electron chi connectivity index (χ1n) is 14.1. The molecule has 5 aromatic rings. The van der Waals surface area contributed by atoms with Crippen molar-refractivity contribution in [1.29, 1.82) is 0 Å². The third kappa shape index (κ3) is 4.82. The Bertz CT molecular complexity index is 1710. The SMILES string of the molecule is CC1CCOc2c(cnn2C)-c2nccc(n2)Nc2cc3c(cn2)c(-c2cc(CN4CCN(C)CC4)cn2C)nn31. The number of pyridine rings is 1. The first-order chi connectivity index (χ1) is 19.9. The van der Waals surface area contributed by atoms with E-state index >= 15 is 0 Å². The summed E-state index contributed by atoms with van der Waals surface area (Å²) in [6.07, 6.45) is 8.37. The summed E-state index contributed by atoms with van der Waals surface area (Å²) in [4.78, 5) is 18.9. The monoisotopic (exact) mass is 553 g/mol. The summed E-state index contributed by atoms with van der Waals surface area (Å²) in [5.74, 6) is 2.53. The topological polar surface area (TPSA) is 107 Å². The molecule has 12 nitrogen and oxygen atoms in total. The highest BCUT2D eigenvalue weighted by Gasteiger charge is 2.23. The van der Waals surface area contributed by atoms with Gasteiger partial charge in [-0.15, -0.1) is 0 Å². The predicted molar refractivity (Wildman–Crippen MR) is 157 cm³/mol.